The van der Waals surface area contributed by atoms with Gasteiger partial charge in [0.15, 0.2) is 5.65 Å². The Morgan fingerprint density at radius 2 is 2.05 bits per heavy atom. The summed E-state index contributed by atoms with van der Waals surface area (Å²) in [6, 6.07) is 2.36. The minimum Gasteiger partial charge on any atom is -0.308 e. The van der Waals surface area contributed by atoms with Crippen LogP contribution in [0, 0.1) is 5.92 Å². The Kier molecular flexibility index (Phi) is 4.51. The standard InChI is InChI=1S/C14H19BrClN3/c1-5-12(8(2)3)19-13(9(4)16)18-11-6-10(15)7-17-14(11)19/h6-9,12H,5H2,1-4H3. The zero-order valence-corrected chi connectivity index (χ0v) is 14.0. The predicted octanol–water partition coefficient (Wildman–Crippen LogP) is 5.10. The van der Waals surface area contributed by atoms with Crippen molar-refractivity contribution in [3.8, 4) is 0 Å². The van der Waals surface area contributed by atoms with Crippen molar-refractivity contribution in [1.82, 2.24) is 14.5 Å². The van der Waals surface area contributed by atoms with Crippen molar-refractivity contribution < 1.29 is 0 Å². The molecule has 3 nitrogen and oxygen atoms in total. The normalized spacial score (nSPS) is 15.1. The Bertz CT molecular complexity index is 577. The number of alkyl halides is 1. The molecule has 0 aromatic carbocycles. The van der Waals surface area contributed by atoms with Gasteiger partial charge in [0.1, 0.15) is 11.3 Å². The molecule has 19 heavy (non-hydrogen) atoms. The van der Waals surface area contributed by atoms with Gasteiger partial charge >= 0.3 is 0 Å². The first-order chi connectivity index (χ1) is 8.95. The third-order valence-corrected chi connectivity index (χ3v) is 4.03. The lowest BCUT2D eigenvalue weighted by molar-refractivity contribution is 0.362. The third-order valence-electron chi connectivity index (χ3n) is 3.40. The lowest BCUT2D eigenvalue weighted by Crippen LogP contribution is -2.17. The Hall–Kier alpha value is -0.610. The van der Waals surface area contributed by atoms with Gasteiger partial charge in [0.05, 0.1) is 5.38 Å². The minimum absolute atomic E-state index is 0.124. The van der Waals surface area contributed by atoms with Crippen molar-refractivity contribution in [3.05, 3.63) is 22.6 Å². The average molecular weight is 345 g/mol. The van der Waals surface area contributed by atoms with E-state index in [2.05, 4.69) is 51.2 Å². The van der Waals surface area contributed by atoms with E-state index in [0.717, 1.165) is 27.9 Å². The van der Waals surface area contributed by atoms with Gasteiger partial charge in [-0.1, -0.05) is 20.8 Å². The Balaban J connectivity index is 2.71. The van der Waals surface area contributed by atoms with Crippen LogP contribution in [0.5, 0.6) is 0 Å². The molecule has 0 aliphatic heterocycles. The first kappa shape index (κ1) is 14.8. The van der Waals surface area contributed by atoms with E-state index in [1.54, 1.807) is 0 Å². The van der Waals surface area contributed by atoms with E-state index in [0.29, 0.717) is 12.0 Å². The molecule has 5 heteroatoms. The molecule has 2 unspecified atom stereocenters. The zero-order chi connectivity index (χ0) is 14.2. The number of imidazole rings is 1. The molecule has 2 aromatic rings. The van der Waals surface area contributed by atoms with Crippen LogP contribution in [0.2, 0.25) is 0 Å². The molecule has 0 radical (unpaired) electrons. The van der Waals surface area contributed by atoms with E-state index in [-0.39, 0.29) is 5.38 Å². The van der Waals surface area contributed by atoms with Gasteiger partial charge in [-0.3, -0.25) is 0 Å². The number of fused-ring (bicyclic) bond motifs is 1. The molecule has 2 rings (SSSR count). The number of hydrogen-bond donors (Lipinski definition) is 0. The smallest absolute Gasteiger partial charge is 0.160 e. The van der Waals surface area contributed by atoms with Gasteiger partial charge in [-0.15, -0.1) is 11.6 Å². The quantitative estimate of drug-likeness (QED) is 0.722. The Labute approximate surface area is 127 Å². The minimum atomic E-state index is -0.124. The highest BCUT2D eigenvalue weighted by Crippen LogP contribution is 2.32. The maximum atomic E-state index is 6.30. The van der Waals surface area contributed by atoms with Crippen LogP contribution in [0.15, 0.2) is 16.7 Å². The lowest BCUT2D eigenvalue weighted by atomic mass is 10.0. The van der Waals surface area contributed by atoms with Crippen molar-refractivity contribution in [2.75, 3.05) is 0 Å². The Morgan fingerprint density at radius 1 is 1.37 bits per heavy atom. The van der Waals surface area contributed by atoms with Crippen LogP contribution in [-0.4, -0.2) is 14.5 Å². The third kappa shape index (κ3) is 2.79. The van der Waals surface area contributed by atoms with E-state index in [1.807, 2.05) is 19.2 Å². The predicted molar refractivity (Wildman–Crippen MR) is 83.7 cm³/mol. The highest BCUT2D eigenvalue weighted by atomic mass is 79.9. The van der Waals surface area contributed by atoms with Gasteiger partial charge in [-0.25, -0.2) is 9.97 Å². The molecule has 2 atom stereocenters. The summed E-state index contributed by atoms with van der Waals surface area (Å²) in [7, 11) is 0. The molecular weight excluding hydrogens is 326 g/mol. The van der Waals surface area contributed by atoms with Crippen molar-refractivity contribution in [3.63, 3.8) is 0 Å². The summed E-state index contributed by atoms with van der Waals surface area (Å²) in [4.78, 5) is 9.19. The van der Waals surface area contributed by atoms with E-state index < -0.39 is 0 Å². The van der Waals surface area contributed by atoms with Gasteiger partial charge < -0.3 is 4.57 Å². The second-order valence-corrected chi connectivity index (χ2v) is 6.74. The maximum Gasteiger partial charge on any atom is 0.160 e. The van der Waals surface area contributed by atoms with Crippen LogP contribution in [0.1, 0.15) is 51.4 Å². The average Bonchev–Trinajstić information content (AvgIpc) is 2.68. The van der Waals surface area contributed by atoms with Crippen LogP contribution in [0.3, 0.4) is 0 Å². The fourth-order valence-corrected chi connectivity index (χ4v) is 3.01. The fourth-order valence-electron chi connectivity index (χ4n) is 2.53. The van der Waals surface area contributed by atoms with Gasteiger partial charge in [0.2, 0.25) is 0 Å². The Morgan fingerprint density at radius 3 is 2.58 bits per heavy atom. The zero-order valence-electron chi connectivity index (χ0n) is 11.7. The molecule has 0 bridgehead atoms. The lowest BCUT2D eigenvalue weighted by Gasteiger charge is -2.24. The summed E-state index contributed by atoms with van der Waals surface area (Å²) in [6.07, 6.45) is 2.85. The van der Waals surface area contributed by atoms with E-state index in [4.69, 9.17) is 11.6 Å². The van der Waals surface area contributed by atoms with Crippen LogP contribution in [-0.2, 0) is 0 Å². The fraction of sp³-hybridized carbons (Fsp3) is 0.571. The summed E-state index contributed by atoms with van der Waals surface area (Å²) in [5.74, 6) is 1.42. The summed E-state index contributed by atoms with van der Waals surface area (Å²) < 4.78 is 3.15. The molecule has 0 saturated heterocycles. The molecule has 0 spiro atoms. The number of halogens is 2. The number of rotatable bonds is 4. The van der Waals surface area contributed by atoms with E-state index in [9.17, 15) is 0 Å². The van der Waals surface area contributed by atoms with E-state index in [1.165, 1.54) is 0 Å². The van der Waals surface area contributed by atoms with Crippen LogP contribution < -0.4 is 0 Å². The monoisotopic (exact) mass is 343 g/mol. The van der Waals surface area contributed by atoms with Crippen molar-refractivity contribution in [2.24, 2.45) is 5.92 Å². The second kappa shape index (κ2) is 5.80. The summed E-state index contributed by atoms with van der Waals surface area (Å²) >= 11 is 9.74. The van der Waals surface area contributed by atoms with Gasteiger partial charge in [-0.05, 0) is 41.3 Å². The van der Waals surface area contributed by atoms with Crippen molar-refractivity contribution in [1.29, 1.82) is 0 Å². The first-order valence-electron chi connectivity index (χ1n) is 6.63. The second-order valence-electron chi connectivity index (χ2n) is 5.17. The summed E-state index contributed by atoms with van der Waals surface area (Å²) in [5.41, 5.74) is 1.82. The maximum absolute atomic E-state index is 6.30. The number of pyridine rings is 1. The summed E-state index contributed by atoms with van der Waals surface area (Å²) in [6.45, 7) is 8.60. The molecule has 0 N–H and O–H groups in total. The molecule has 2 heterocycles. The number of hydrogen-bond acceptors (Lipinski definition) is 2. The molecule has 104 valence electrons. The van der Waals surface area contributed by atoms with Gasteiger partial charge in [0, 0.05) is 16.7 Å². The SMILES string of the molecule is CCC(C(C)C)n1c(C(C)Cl)nc2cc(Br)cnc21. The van der Waals surface area contributed by atoms with Gasteiger partial charge in [-0.2, -0.15) is 0 Å². The van der Waals surface area contributed by atoms with Crippen LogP contribution in [0.4, 0.5) is 0 Å². The molecule has 0 aliphatic carbocycles. The number of aromatic nitrogens is 3. The van der Waals surface area contributed by atoms with Crippen LogP contribution in [0.25, 0.3) is 11.2 Å². The summed E-state index contributed by atoms with van der Waals surface area (Å²) in [5, 5.41) is -0.124. The van der Waals surface area contributed by atoms with Gasteiger partial charge in [0.25, 0.3) is 0 Å². The topological polar surface area (TPSA) is 30.7 Å². The highest BCUT2D eigenvalue weighted by molar-refractivity contribution is 9.10. The molecule has 0 saturated carbocycles. The molecule has 0 aliphatic rings. The number of nitrogens with zero attached hydrogens (tertiary/aromatic N) is 3. The molecule has 0 fully saturated rings. The molecular formula is C14H19BrClN3. The van der Waals surface area contributed by atoms with Crippen LogP contribution >= 0.6 is 27.5 Å². The first-order valence-corrected chi connectivity index (χ1v) is 7.86. The molecule has 2 aromatic heterocycles. The van der Waals surface area contributed by atoms with Crippen molar-refractivity contribution in [2.45, 2.75) is 45.5 Å². The van der Waals surface area contributed by atoms with Crippen molar-refractivity contribution >= 4 is 38.7 Å². The molecule has 0 amide bonds. The highest BCUT2D eigenvalue weighted by Gasteiger charge is 2.23. The van der Waals surface area contributed by atoms with E-state index >= 15 is 0 Å². The largest absolute Gasteiger partial charge is 0.308 e.